The maximum atomic E-state index is 13.5. The number of hydrogen-bond acceptors (Lipinski definition) is 7. The number of amides is 1. The van der Waals surface area contributed by atoms with Crippen molar-refractivity contribution in [2.24, 2.45) is 0 Å². The molecule has 3 aromatic carbocycles. The van der Waals surface area contributed by atoms with E-state index in [1.54, 1.807) is 72.8 Å². The standard InChI is InChI=1S/C26H25N3O5S2/c1-35(31,32)24-8-3-2-7-23(24)20-9-11-21(12-10-20)28-25(30)26(13-15-36(33,34)16-14-26)29-22-6-4-5-19(17-22)18-27/h2-12,17,29H,13-16H2,1H3,(H,28,30). The fraction of sp³-hybridized carbons (Fsp3) is 0.231. The van der Waals surface area contributed by atoms with Gasteiger partial charge in [0.15, 0.2) is 19.7 Å². The number of carbonyl (C=O) groups excluding carboxylic acids is 1. The number of anilines is 2. The van der Waals surface area contributed by atoms with Crippen molar-refractivity contribution in [3.63, 3.8) is 0 Å². The molecule has 0 bridgehead atoms. The molecule has 1 saturated heterocycles. The van der Waals surface area contributed by atoms with Gasteiger partial charge in [0.2, 0.25) is 5.91 Å². The zero-order chi connectivity index (χ0) is 26.0. The summed E-state index contributed by atoms with van der Waals surface area (Å²) in [6, 6.07) is 22.2. The quantitative estimate of drug-likeness (QED) is 0.504. The van der Waals surface area contributed by atoms with Crippen LogP contribution in [0.1, 0.15) is 18.4 Å². The second kappa shape index (κ2) is 9.76. The molecule has 1 aliphatic rings. The number of hydrogen-bond donors (Lipinski definition) is 2. The van der Waals surface area contributed by atoms with Gasteiger partial charge in [-0.25, -0.2) is 16.8 Å². The highest BCUT2D eigenvalue weighted by Gasteiger charge is 2.43. The molecule has 4 rings (SSSR count). The van der Waals surface area contributed by atoms with Crippen molar-refractivity contribution in [1.29, 1.82) is 5.26 Å². The number of nitrogens with zero attached hydrogens (tertiary/aromatic N) is 1. The Morgan fingerprint density at radius 3 is 2.25 bits per heavy atom. The number of sulfone groups is 2. The van der Waals surface area contributed by atoms with Crippen LogP contribution in [0.25, 0.3) is 11.1 Å². The van der Waals surface area contributed by atoms with E-state index in [2.05, 4.69) is 16.7 Å². The lowest BCUT2D eigenvalue weighted by molar-refractivity contribution is -0.120. The van der Waals surface area contributed by atoms with Crippen molar-refractivity contribution >= 4 is 37.0 Å². The number of rotatable bonds is 6. The maximum absolute atomic E-state index is 13.5. The van der Waals surface area contributed by atoms with Crippen molar-refractivity contribution in [2.75, 3.05) is 28.4 Å². The van der Waals surface area contributed by atoms with E-state index in [1.165, 1.54) is 0 Å². The molecule has 186 valence electrons. The van der Waals surface area contributed by atoms with Gasteiger partial charge in [-0.3, -0.25) is 4.79 Å². The number of benzene rings is 3. The van der Waals surface area contributed by atoms with Crippen LogP contribution in [0.15, 0.2) is 77.7 Å². The molecule has 0 aromatic heterocycles. The molecule has 0 saturated carbocycles. The maximum Gasteiger partial charge on any atom is 0.250 e. The van der Waals surface area contributed by atoms with Gasteiger partial charge in [0, 0.05) is 23.2 Å². The van der Waals surface area contributed by atoms with Gasteiger partial charge in [0.05, 0.1) is 28.0 Å². The third-order valence-corrected chi connectivity index (χ3v) is 9.04. The summed E-state index contributed by atoms with van der Waals surface area (Å²) in [7, 11) is -6.66. The summed E-state index contributed by atoms with van der Waals surface area (Å²) in [5, 5.41) is 15.3. The third kappa shape index (κ3) is 5.58. The van der Waals surface area contributed by atoms with E-state index in [-0.39, 0.29) is 35.2 Å². The van der Waals surface area contributed by atoms with Gasteiger partial charge in [0.25, 0.3) is 0 Å². The van der Waals surface area contributed by atoms with Gasteiger partial charge in [-0.15, -0.1) is 0 Å². The minimum absolute atomic E-state index is 0.0811. The van der Waals surface area contributed by atoms with Crippen LogP contribution in [0.3, 0.4) is 0 Å². The van der Waals surface area contributed by atoms with E-state index in [0.29, 0.717) is 28.1 Å². The minimum Gasteiger partial charge on any atom is -0.371 e. The Hall–Kier alpha value is -3.68. The lowest BCUT2D eigenvalue weighted by Crippen LogP contribution is -2.54. The average molecular weight is 524 g/mol. The second-order valence-corrected chi connectivity index (χ2v) is 13.1. The molecular weight excluding hydrogens is 498 g/mol. The molecule has 2 N–H and O–H groups in total. The summed E-state index contributed by atoms with van der Waals surface area (Å²) in [6.45, 7) is 0. The van der Waals surface area contributed by atoms with Crippen LogP contribution in [0.2, 0.25) is 0 Å². The molecule has 36 heavy (non-hydrogen) atoms. The van der Waals surface area contributed by atoms with Crippen LogP contribution in [0, 0.1) is 11.3 Å². The predicted octanol–water partition coefficient (Wildman–Crippen LogP) is 3.63. The Bertz CT molecular complexity index is 1540. The largest absolute Gasteiger partial charge is 0.371 e. The molecule has 10 heteroatoms. The van der Waals surface area contributed by atoms with Crippen molar-refractivity contribution in [3.8, 4) is 17.2 Å². The normalized spacial score (nSPS) is 16.4. The Balaban J connectivity index is 1.60. The van der Waals surface area contributed by atoms with Crippen LogP contribution in [0.5, 0.6) is 0 Å². The Kier molecular flexibility index (Phi) is 6.89. The van der Waals surface area contributed by atoms with Gasteiger partial charge < -0.3 is 10.6 Å². The molecule has 0 spiro atoms. The molecule has 1 fully saturated rings. The van der Waals surface area contributed by atoms with Crippen molar-refractivity contribution < 1.29 is 21.6 Å². The Labute approximate surface area is 210 Å². The van der Waals surface area contributed by atoms with E-state index in [1.807, 2.05) is 0 Å². The smallest absolute Gasteiger partial charge is 0.250 e. The topological polar surface area (TPSA) is 133 Å². The molecule has 1 amide bonds. The minimum atomic E-state index is -3.42. The average Bonchev–Trinajstić information content (AvgIpc) is 2.85. The molecule has 8 nitrogen and oxygen atoms in total. The second-order valence-electron chi connectivity index (χ2n) is 8.85. The number of carbonyl (C=O) groups is 1. The number of nitriles is 1. The van der Waals surface area contributed by atoms with Crippen LogP contribution < -0.4 is 10.6 Å². The first-order chi connectivity index (χ1) is 17.0. The first-order valence-electron chi connectivity index (χ1n) is 11.2. The molecule has 0 unspecified atom stereocenters. The Morgan fingerprint density at radius 2 is 1.61 bits per heavy atom. The summed E-state index contributed by atoms with van der Waals surface area (Å²) in [4.78, 5) is 13.7. The first kappa shape index (κ1) is 25.4. The summed E-state index contributed by atoms with van der Waals surface area (Å²) in [5.74, 6) is -0.650. The molecule has 3 aromatic rings. The molecule has 1 heterocycles. The fourth-order valence-electron chi connectivity index (χ4n) is 4.25. The number of nitrogens with one attached hydrogen (secondary N) is 2. The molecule has 0 atom stereocenters. The third-order valence-electron chi connectivity index (χ3n) is 6.23. The molecular formula is C26H25N3O5S2. The van der Waals surface area contributed by atoms with Crippen molar-refractivity contribution in [2.45, 2.75) is 23.3 Å². The van der Waals surface area contributed by atoms with Crippen molar-refractivity contribution in [3.05, 3.63) is 78.4 Å². The SMILES string of the molecule is CS(=O)(=O)c1ccccc1-c1ccc(NC(=O)C2(Nc3cccc(C#N)c3)CCS(=O)(=O)CC2)cc1. The van der Waals surface area contributed by atoms with Crippen LogP contribution in [-0.2, 0) is 24.5 Å². The molecule has 0 radical (unpaired) electrons. The van der Waals surface area contributed by atoms with E-state index in [0.717, 1.165) is 6.26 Å². The highest BCUT2D eigenvalue weighted by atomic mass is 32.2. The van der Waals surface area contributed by atoms with Gasteiger partial charge in [-0.2, -0.15) is 5.26 Å². The molecule has 1 aliphatic heterocycles. The van der Waals surface area contributed by atoms with E-state index in [9.17, 15) is 26.9 Å². The Morgan fingerprint density at radius 1 is 0.944 bits per heavy atom. The van der Waals surface area contributed by atoms with Crippen LogP contribution in [-0.4, -0.2) is 46.0 Å². The van der Waals surface area contributed by atoms with Gasteiger partial charge in [0.1, 0.15) is 5.54 Å². The highest BCUT2D eigenvalue weighted by Crippen LogP contribution is 2.32. The predicted molar refractivity (Wildman–Crippen MR) is 139 cm³/mol. The zero-order valence-corrected chi connectivity index (χ0v) is 21.2. The van der Waals surface area contributed by atoms with Crippen molar-refractivity contribution in [1.82, 2.24) is 0 Å². The zero-order valence-electron chi connectivity index (χ0n) is 19.6. The van der Waals surface area contributed by atoms with E-state index >= 15 is 0 Å². The summed E-state index contributed by atoms with van der Waals surface area (Å²) in [5.41, 5.74) is 1.52. The first-order valence-corrected chi connectivity index (χ1v) is 14.9. The summed E-state index contributed by atoms with van der Waals surface area (Å²) in [6.07, 6.45) is 1.32. The lowest BCUT2D eigenvalue weighted by Gasteiger charge is -2.37. The summed E-state index contributed by atoms with van der Waals surface area (Å²) >= 11 is 0. The fourth-order valence-corrected chi connectivity index (χ4v) is 6.68. The van der Waals surface area contributed by atoms with E-state index in [4.69, 9.17) is 0 Å². The lowest BCUT2D eigenvalue weighted by atomic mass is 9.90. The van der Waals surface area contributed by atoms with Crippen LogP contribution >= 0.6 is 0 Å². The van der Waals surface area contributed by atoms with Gasteiger partial charge in [-0.1, -0.05) is 36.4 Å². The van der Waals surface area contributed by atoms with Crippen LogP contribution in [0.4, 0.5) is 11.4 Å². The highest BCUT2D eigenvalue weighted by molar-refractivity contribution is 7.91. The van der Waals surface area contributed by atoms with Gasteiger partial charge in [-0.05, 0) is 54.8 Å². The molecule has 0 aliphatic carbocycles. The monoisotopic (exact) mass is 523 g/mol. The summed E-state index contributed by atoms with van der Waals surface area (Å²) < 4.78 is 48.5. The van der Waals surface area contributed by atoms with E-state index < -0.39 is 25.2 Å². The van der Waals surface area contributed by atoms with Gasteiger partial charge >= 0.3 is 0 Å².